The quantitative estimate of drug-likeness (QED) is 0.244. The lowest BCUT2D eigenvalue weighted by Gasteiger charge is -2.05. The maximum Gasteiger partial charge on any atom is 0.188 e. The maximum absolute atomic E-state index is 8.57. The van der Waals surface area contributed by atoms with Gasteiger partial charge in [0, 0.05) is 12.8 Å². The first-order chi connectivity index (χ1) is 8.77. The molecule has 0 saturated heterocycles. The highest BCUT2D eigenvalue weighted by Gasteiger charge is 2.02. The molecule has 0 fully saturated rings. The summed E-state index contributed by atoms with van der Waals surface area (Å²) < 4.78 is 5.56. The average molecular weight is 251 g/mol. The normalized spacial score (nSPS) is 11.7. The monoisotopic (exact) mass is 251 g/mol. The lowest BCUT2D eigenvalue weighted by atomic mass is 10.2. The molecule has 1 aromatic rings. The third kappa shape index (κ3) is 5.14. The van der Waals surface area contributed by atoms with E-state index in [0.717, 1.165) is 18.6 Å². The van der Waals surface area contributed by atoms with Crippen molar-refractivity contribution >= 4 is 5.84 Å². The van der Waals surface area contributed by atoms with Crippen LogP contribution in [0.4, 0.5) is 0 Å². The summed E-state index contributed by atoms with van der Waals surface area (Å²) >= 11 is 0. The molecule has 1 aromatic heterocycles. The van der Waals surface area contributed by atoms with Crippen molar-refractivity contribution in [3.05, 3.63) is 29.6 Å². The molecule has 18 heavy (non-hydrogen) atoms. The minimum Gasteiger partial charge on any atom is -0.409 e. The van der Waals surface area contributed by atoms with E-state index in [9.17, 15) is 0 Å². The molecule has 1 rings (SSSR count). The van der Waals surface area contributed by atoms with Crippen LogP contribution in [-0.2, 0) is 11.3 Å². The predicted molar refractivity (Wildman–Crippen MR) is 70.5 cm³/mol. The summed E-state index contributed by atoms with van der Waals surface area (Å²) in [4.78, 5) is 4.01. The topological polar surface area (TPSA) is 80.7 Å². The van der Waals surface area contributed by atoms with Crippen LogP contribution in [0.15, 0.2) is 23.5 Å². The molecule has 0 saturated carbocycles. The number of amidine groups is 1. The molecular weight excluding hydrogens is 230 g/mol. The van der Waals surface area contributed by atoms with Crippen molar-refractivity contribution in [2.75, 3.05) is 6.61 Å². The largest absolute Gasteiger partial charge is 0.409 e. The molecule has 0 radical (unpaired) electrons. The van der Waals surface area contributed by atoms with Crippen LogP contribution in [0.25, 0.3) is 0 Å². The van der Waals surface area contributed by atoms with Crippen molar-refractivity contribution in [2.24, 2.45) is 10.9 Å². The molecule has 5 heteroatoms. The number of oxime groups is 1. The molecule has 0 bridgehead atoms. The van der Waals surface area contributed by atoms with E-state index in [1.165, 1.54) is 19.3 Å². The molecule has 3 N–H and O–H groups in total. The molecule has 0 unspecified atom stereocenters. The molecule has 0 aliphatic carbocycles. The summed E-state index contributed by atoms with van der Waals surface area (Å²) in [5.41, 5.74) is 6.91. The summed E-state index contributed by atoms with van der Waals surface area (Å²) in [5.74, 6) is 0.0137. The molecule has 5 nitrogen and oxygen atoms in total. The Morgan fingerprint density at radius 3 is 3.00 bits per heavy atom. The summed E-state index contributed by atoms with van der Waals surface area (Å²) in [6.45, 7) is 3.48. The highest BCUT2D eigenvalue weighted by molar-refractivity contribution is 5.95. The van der Waals surface area contributed by atoms with Gasteiger partial charge < -0.3 is 15.7 Å². The Morgan fingerprint density at radius 2 is 2.28 bits per heavy atom. The van der Waals surface area contributed by atoms with Gasteiger partial charge in [-0.2, -0.15) is 0 Å². The van der Waals surface area contributed by atoms with Gasteiger partial charge >= 0.3 is 0 Å². The number of nitrogens with zero attached hydrogens (tertiary/aromatic N) is 2. The van der Waals surface area contributed by atoms with Crippen molar-refractivity contribution in [1.29, 1.82) is 0 Å². The molecule has 0 spiro atoms. The summed E-state index contributed by atoms with van der Waals surface area (Å²) in [6.07, 6.45) is 6.41. The smallest absolute Gasteiger partial charge is 0.188 e. The third-order valence-electron chi connectivity index (χ3n) is 2.61. The first kappa shape index (κ1) is 14.4. The van der Waals surface area contributed by atoms with Gasteiger partial charge in [0.1, 0.15) is 5.69 Å². The average Bonchev–Trinajstić information content (AvgIpc) is 2.42. The fourth-order valence-corrected chi connectivity index (χ4v) is 1.58. The van der Waals surface area contributed by atoms with Crippen LogP contribution < -0.4 is 5.73 Å². The maximum atomic E-state index is 8.57. The second-order valence-electron chi connectivity index (χ2n) is 4.15. The predicted octanol–water partition coefficient (Wildman–Crippen LogP) is 2.27. The number of hydrogen-bond donors (Lipinski definition) is 2. The minimum absolute atomic E-state index is 0.0137. The van der Waals surface area contributed by atoms with Gasteiger partial charge in [0.25, 0.3) is 0 Å². The van der Waals surface area contributed by atoms with Crippen LogP contribution in [0.1, 0.15) is 43.9 Å². The zero-order chi connectivity index (χ0) is 13.2. The Hall–Kier alpha value is -1.62. The van der Waals surface area contributed by atoms with E-state index >= 15 is 0 Å². The minimum atomic E-state index is 0.0137. The van der Waals surface area contributed by atoms with Gasteiger partial charge in [0.2, 0.25) is 0 Å². The first-order valence-corrected chi connectivity index (χ1v) is 6.28. The lowest BCUT2D eigenvalue weighted by Crippen LogP contribution is -2.15. The Kier molecular flexibility index (Phi) is 6.79. The fourth-order valence-electron chi connectivity index (χ4n) is 1.58. The Bertz CT molecular complexity index is 380. The van der Waals surface area contributed by atoms with E-state index in [1.807, 2.05) is 6.07 Å². The van der Waals surface area contributed by atoms with Crippen molar-refractivity contribution in [2.45, 2.75) is 39.2 Å². The Balaban J connectivity index is 2.34. The number of ether oxygens (including phenoxy) is 1. The van der Waals surface area contributed by atoms with Crippen LogP contribution >= 0.6 is 0 Å². The van der Waals surface area contributed by atoms with E-state index in [-0.39, 0.29) is 5.84 Å². The van der Waals surface area contributed by atoms with Crippen molar-refractivity contribution in [3.63, 3.8) is 0 Å². The Labute approximate surface area is 108 Å². The summed E-state index contributed by atoms with van der Waals surface area (Å²) in [6, 6.07) is 3.63. The second kappa shape index (κ2) is 8.47. The molecule has 100 valence electrons. The van der Waals surface area contributed by atoms with Crippen LogP contribution in [0.5, 0.6) is 0 Å². The van der Waals surface area contributed by atoms with Gasteiger partial charge in [0.05, 0.1) is 6.61 Å². The van der Waals surface area contributed by atoms with Crippen LogP contribution in [0.2, 0.25) is 0 Å². The molecule has 0 aromatic carbocycles. The number of rotatable bonds is 8. The lowest BCUT2D eigenvalue weighted by molar-refractivity contribution is 0.116. The number of unbranched alkanes of at least 4 members (excludes halogenated alkanes) is 3. The fraction of sp³-hybridized carbons (Fsp3) is 0.538. The van der Waals surface area contributed by atoms with Crippen LogP contribution in [0, 0.1) is 0 Å². The molecule has 0 aliphatic rings. The Morgan fingerprint density at radius 1 is 1.44 bits per heavy atom. The van der Waals surface area contributed by atoms with E-state index < -0.39 is 0 Å². The van der Waals surface area contributed by atoms with Gasteiger partial charge in [-0.25, -0.2) is 0 Å². The first-order valence-electron chi connectivity index (χ1n) is 6.28. The van der Waals surface area contributed by atoms with Crippen molar-refractivity contribution in [3.8, 4) is 0 Å². The zero-order valence-corrected chi connectivity index (χ0v) is 10.8. The van der Waals surface area contributed by atoms with E-state index in [2.05, 4.69) is 17.1 Å². The molecule has 1 heterocycles. The van der Waals surface area contributed by atoms with Crippen molar-refractivity contribution in [1.82, 2.24) is 4.98 Å². The summed E-state index contributed by atoms with van der Waals surface area (Å²) in [5, 5.41) is 11.5. The number of pyridine rings is 1. The van der Waals surface area contributed by atoms with Gasteiger partial charge in [-0.1, -0.05) is 31.3 Å². The van der Waals surface area contributed by atoms with Gasteiger partial charge in [-0.05, 0) is 24.1 Å². The van der Waals surface area contributed by atoms with Crippen LogP contribution in [0.3, 0.4) is 0 Å². The third-order valence-corrected chi connectivity index (χ3v) is 2.61. The molecule has 0 atom stereocenters. The van der Waals surface area contributed by atoms with E-state index in [4.69, 9.17) is 15.7 Å². The van der Waals surface area contributed by atoms with E-state index in [0.29, 0.717) is 12.3 Å². The standard InChI is InChI=1S/C13H21N3O2/c1-2-3-4-5-8-18-10-11-6-7-15-12(9-11)13(14)16-17/h6-7,9,17H,2-5,8,10H2,1H3,(H2,14,16). The zero-order valence-electron chi connectivity index (χ0n) is 10.8. The van der Waals surface area contributed by atoms with Gasteiger partial charge in [-0.15, -0.1) is 0 Å². The number of nitrogens with two attached hydrogens (primary N) is 1. The van der Waals surface area contributed by atoms with Crippen LogP contribution in [-0.4, -0.2) is 22.6 Å². The van der Waals surface area contributed by atoms with Crippen molar-refractivity contribution < 1.29 is 9.94 Å². The second-order valence-corrected chi connectivity index (χ2v) is 4.15. The molecule has 0 amide bonds. The molecular formula is C13H21N3O2. The van der Waals surface area contributed by atoms with E-state index in [1.54, 1.807) is 12.3 Å². The summed E-state index contributed by atoms with van der Waals surface area (Å²) in [7, 11) is 0. The SMILES string of the molecule is CCCCCCOCc1ccnc(C(N)=NO)c1. The highest BCUT2D eigenvalue weighted by Crippen LogP contribution is 2.05. The van der Waals surface area contributed by atoms with Gasteiger partial charge in [0.15, 0.2) is 5.84 Å². The highest BCUT2D eigenvalue weighted by atomic mass is 16.5. The van der Waals surface area contributed by atoms with Gasteiger partial charge in [-0.3, -0.25) is 4.98 Å². The number of hydrogen-bond acceptors (Lipinski definition) is 4. The number of aromatic nitrogens is 1. The molecule has 0 aliphatic heterocycles.